The maximum atomic E-state index is 8.94. The van der Waals surface area contributed by atoms with E-state index in [4.69, 9.17) is 24.1 Å². The summed E-state index contributed by atoms with van der Waals surface area (Å²) >= 11 is 0. The van der Waals surface area contributed by atoms with E-state index in [0.29, 0.717) is 6.61 Å². The van der Waals surface area contributed by atoms with Crippen LogP contribution in [0, 0.1) is 0 Å². The minimum Gasteiger partial charge on any atom is -0.392 e. The predicted octanol–water partition coefficient (Wildman–Crippen LogP) is 2.00. The van der Waals surface area contributed by atoms with Crippen molar-refractivity contribution < 1.29 is 24.1 Å². The molecule has 1 N–H and O–H groups in total. The molecule has 2 aliphatic rings. The Bertz CT molecular complexity index is 513. The number of fused-ring (bicyclic) bond motifs is 1. The Morgan fingerprint density at radius 1 is 1.18 bits per heavy atom. The molecule has 22 heavy (non-hydrogen) atoms. The van der Waals surface area contributed by atoms with Crippen molar-refractivity contribution in [2.24, 2.45) is 0 Å². The van der Waals surface area contributed by atoms with Crippen molar-refractivity contribution in [1.29, 1.82) is 0 Å². The first-order chi connectivity index (χ1) is 10.6. The van der Waals surface area contributed by atoms with Crippen LogP contribution < -0.4 is 0 Å². The molecule has 1 aromatic rings. The molecular weight excluding hydrogens is 284 g/mol. The highest BCUT2D eigenvalue weighted by Crippen LogP contribution is 2.39. The Morgan fingerprint density at radius 2 is 1.91 bits per heavy atom. The summed E-state index contributed by atoms with van der Waals surface area (Å²) < 4.78 is 23.6. The van der Waals surface area contributed by atoms with Crippen LogP contribution in [-0.2, 0) is 25.6 Å². The van der Waals surface area contributed by atoms with Crippen LogP contribution in [0.15, 0.2) is 42.5 Å². The van der Waals surface area contributed by atoms with Crippen LogP contribution in [0.1, 0.15) is 19.4 Å². The van der Waals surface area contributed by atoms with Crippen LogP contribution in [0.3, 0.4) is 0 Å². The van der Waals surface area contributed by atoms with Crippen molar-refractivity contribution in [2.75, 3.05) is 6.61 Å². The smallest absolute Gasteiger partial charge is 0.187 e. The van der Waals surface area contributed by atoms with Gasteiger partial charge in [0.15, 0.2) is 12.1 Å². The molecule has 0 aliphatic carbocycles. The van der Waals surface area contributed by atoms with Gasteiger partial charge in [0.05, 0.1) is 13.2 Å². The summed E-state index contributed by atoms with van der Waals surface area (Å²) in [6.45, 7) is 4.19. The molecule has 3 rings (SSSR count). The molecular formula is C17H22O5. The van der Waals surface area contributed by atoms with Crippen LogP contribution in [0.4, 0.5) is 0 Å². The van der Waals surface area contributed by atoms with E-state index >= 15 is 0 Å². The van der Waals surface area contributed by atoms with Crippen LogP contribution in [-0.4, -0.2) is 42.1 Å². The summed E-state index contributed by atoms with van der Waals surface area (Å²) in [5, 5.41) is 8.94. The van der Waals surface area contributed by atoms with Crippen molar-refractivity contribution in [2.45, 2.75) is 50.8 Å². The minimum atomic E-state index is -0.654. The highest BCUT2D eigenvalue weighted by atomic mass is 16.8. The first kappa shape index (κ1) is 15.6. The molecule has 0 amide bonds. The molecule has 0 aromatic heterocycles. The molecule has 120 valence electrons. The van der Waals surface area contributed by atoms with Crippen LogP contribution in [0.5, 0.6) is 0 Å². The molecule has 2 aliphatic heterocycles. The monoisotopic (exact) mass is 306 g/mol. The van der Waals surface area contributed by atoms with E-state index in [-0.39, 0.29) is 24.9 Å². The fourth-order valence-electron chi connectivity index (χ4n) is 2.83. The normalized spacial score (nSPS) is 33.4. The van der Waals surface area contributed by atoms with Crippen LogP contribution in [0.25, 0.3) is 0 Å². The molecule has 2 heterocycles. The molecule has 0 spiro atoms. The number of rotatable bonds is 5. The number of hydrogen-bond donors (Lipinski definition) is 1. The standard InChI is InChI=1S/C17H22O5/c1-17(2)21-14-13(9-6-10-18)20-16(15(14)22-17)19-11-12-7-4-3-5-8-12/h3-9,13-16,18H,10-11H2,1-2H3/b9-6+/t13-,14?,15?,16+/m1/s1. The first-order valence-corrected chi connectivity index (χ1v) is 7.53. The second-order valence-corrected chi connectivity index (χ2v) is 5.94. The van der Waals surface area contributed by atoms with Gasteiger partial charge in [0.1, 0.15) is 18.3 Å². The van der Waals surface area contributed by atoms with E-state index in [2.05, 4.69) is 0 Å². The first-order valence-electron chi connectivity index (χ1n) is 7.53. The van der Waals surface area contributed by atoms with Crippen molar-refractivity contribution in [1.82, 2.24) is 0 Å². The third-order valence-electron chi connectivity index (χ3n) is 3.74. The molecule has 1 aromatic carbocycles. The lowest BCUT2D eigenvalue weighted by Gasteiger charge is -2.23. The summed E-state index contributed by atoms with van der Waals surface area (Å²) in [4.78, 5) is 0. The third-order valence-corrected chi connectivity index (χ3v) is 3.74. The van der Waals surface area contributed by atoms with Gasteiger partial charge in [-0.15, -0.1) is 0 Å². The van der Waals surface area contributed by atoms with E-state index in [1.165, 1.54) is 0 Å². The van der Waals surface area contributed by atoms with E-state index in [9.17, 15) is 0 Å². The average molecular weight is 306 g/mol. The van der Waals surface area contributed by atoms with Gasteiger partial charge in [0, 0.05) is 0 Å². The van der Waals surface area contributed by atoms with Gasteiger partial charge in [-0.3, -0.25) is 0 Å². The predicted molar refractivity (Wildman–Crippen MR) is 79.9 cm³/mol. The lowest BCUT2D eigenvalue weighted by molar-refractivity contribution is -0.231. The van der Waals surface area contributed by atoms with Gasteiger partial charge < -0.3 is 24.1 Å². The van der Waals surface area contributed by atoms with Gasteiger partial charge in [-0.1, -0.05) is 42.5 Å². The molecule has 4 atom stereocenters. The zero-order chi connectivity index (χ0) is 15.6. The minimum absolute atomic E-state index is 0.0307. The maximum absolute atomic E-state index is 8.94. The number of aliphatic hydroxyl groups excluding tert-OH is 1. The summed E-state index contributed by atoms with van der Waals surface area (Å²) in [6, 6.07) is 9.93. The summed E-state index contributed by atoms with van der Waals surface area (Å²) in [5.41, 5.74) is 1.08. The highest BCUT2D eigenvalue weighted by Gasteiger charge is 2.55. The van der Waals surface area contributed by atoms with E-state index < -0.39 is 12.1 Å². The molecule has 2 unspecified atom stereocenters. The molecule has 0 saturated carbocycles. The largest absolute Gasteiger partial charge is 0.392 e. The van der Waals surface area contributed by atoms with Gasteiger partial charge in [-0.2, -0.15) is 0 Å². The molecule has 5 heteroatoms. The quantitative estimate of drug-likeness (QED) is 0.843. The van der Waals surface area contributed by atoms with Crippen LogP contribution >= 0.6 is 0 Å². The molecule has 0 bridgehead atoms. The Hall–Kier alpha value is -1.24. The van der Waals surface area contributed by atoms with Gasteiger partial charge in [0.2, 0.25) is 0 Å². The van der Waals surface area contributed by atoms with E-state index in [0.717, 1.165) is 5.56 Å². The Balaban J connectivity index is 1.67. The van der Waals surface area contributed by atoms with Gasteiger partial charge in [-0.25, -0.2) is 0 Å². The summed E-state index contributed by atoms with van der Waals surface area (Å²) in [6.07, 6.45) is 2.19. The number of hydrogen-bond acceptors (Lipinski definition) is 5. The lowest BCUT2D eigenvalue weighted by Crippen LogP contribution is -2.31. The average Bonchev–Trinajstić information content (AvgIpc) is 2.98. The fraction of sp³-hybridized carbons (Fsp3) is 0.529. The Morgan fingerprint density at radius 3 is 2.64 bits per heavy atom. The number of benzene rings is 1. The Labute approximate surface area is 130 Å². The number of ether oxygens (including phenoxy) is 4. The topological polar surface area (TPSA) is 57.2 Å². The number of aliphatic hydroxyl groups is 1. The summed E-state index contributed by atoms with van der Waals surface area (Å²) in [7, 11) is 0. The zero-order valence-electron chi connectivity index (χ0n) is 12.8. The van der Waals surface area contributed by atoms with Crippen molar-refractivity contribution in [3.05, 3.63) is 48.0 Å². The van der Waals surface area contributed by atoms with Gasteiger partial charge in [0.25, 0.3) is 0 Å². The molecule has 0 radical (unpaired) electrons. The zero-order valence-corrected chi connectivity index (χ0v) is 12.8. The summed E-state index contributed by atoms with van der Waals surface area (Å²) in [5.74, 6) is -0.654. The fourth-order valence-corrected chi connectivity index (χ4v) is 2.83. The van der Waals surface area contributed by atoms with Crippen molar-refractivity contribution in [3.8, 4) is 0 Å². The lowest BCUT2D eigenvalue weighted by atomic mass is 10.1. The second-order valence-electron chi connectivity index (χ2n) is 5.94. The molecule has 2 saturated heterocycles. The van der Waals surface area contributed by atoms with E-state index in [1.54, 1.807) is 12.2 Å². The van der Waals surface area contributed by atoms with Crippen LogP contribution in [0.2, 0.25) is 0 Å². The highest BCUT2D eigenvalue weighted by molar-refractivity contribution is 5.13. The van der Waals surface area contributed by atoms with Crippen molar-refractivity contribution >= 4 is 0 Å². The second kappa shape index (κ2) is 6.48. The SMILES string of the molecule is CC1(C)OC2C(O1)[C@@H](/C=C/CO)O[C@@H]2OCc1ccccc1. The van der Waals surface area contributed by atoms with Gasteiger partial charge >= 0.3 is 0 Å². The molecule has 2 fully saturated rings. The van der Waals surface area contributed by atoms with Gasteiger partial charge in [-0.05, 0) is 19.4 Å². The maximum Gasteiger partial charge on any atom is 0.187 e. The van der Waals surface area contributed by atoms with E-state index in [1.807, 2.05) is 44.2 Å². The molecule has 5 nitrogen and oxygen atoms in total. The Kier molecular flexibility index (Phi) is 4.61. The van der Waals surface area contributed by atoms with Crippen molar-refractivity contribution in [3.63, 3.8) is 0 Å². The third kappa shape index (κ3) is 3.39.